The van der Waals surface area contributed by atoms with Gasteiger partial charge in [-0.25, -0.2) is 4.79 Å². The van der Waals surface area contributed by atoms with Crippen LogP contribution >= 0.6 is 11.8 Å². The SMILES string of the molecule is O=C(O)CN1CCN(C(=O)CSCCNC(=O)OCC2c3ccccc3-c3ccccc32)CC1. The maximum absolute atomic E-state index is 12.3. The molecule has 4 rings (SSSR count). The van der Waals surface area contributed by atoms with Gasteiger partial charge in [-0.05, 0) is 22.3 Å². The summed E-state index contributed by atoms with van der Waals surface area (Å²) < 4.78 is 5.52. The summed E-state index contributed by atoms with van der Waals surface area (Å²) in [5.41, 5.74) is 4.73. The van der Waals surface area contributed by atoms with Crippen LogP contribution < -0.4 is 5.32 Å². The van der Waals surface area contributed by atoms with Crippen LogP contribution in [0.3, 0.4) is 0 Å². The standard InChI is InChI=1S/C25H29N3O5S/c29-23(28-12-10-27(11-13-28)15-24(30)31)17-34-14-9-26-25(32)33-16-22-20-7-3-1-5-18(20)19-6-2-4-8-21(19)22/h1-8,22H,9-17H2,(H,26,32)(H,30,31). The van der Waals surface area contributed by atoms with Gasteiger partial charge in [0.05, 0.1) is 12.3 Å². The second kappa shape index (κ2) is 11.4. The Morgan fingerprint density at radius 1 is 0.971 bits per heavy atom. The Morgan fingerprint density at radius 3 is 2.21 bits per heavy atom. The van der Waals surface area contributed by atoms with E-state index < -0.39 is 12.1 Å². The normalized spacial score (nSPS) is 15.5. The number of hydrogen-bond acceptors (Lipinski definition) is 6. The first-order valence-electron chi connectivity index (χ1n) is 11.4. The van der Waals surface area contributed by atoms with E-state index in [0.717, 1.165) is 0 Å². The number of rotatable bonds is 9. The fraction of sp³-hybridized carbons (Fsp3) is 0.400. The molecule has 0 radical (unpaired) electrons. The van der Waals surface area contributed by atoms with Crippen molar-refractivity contribution < 1.29 is 24.2 Å². The van der Waals surface area contributed by atoms with Gasteiger partial charge in [0.25, 0.3) is 0 Å². The van der Waals surface area contributed by atoms with Crippen LogP contribution in [0, 0.1) is 0 Å². The Bertz CT molecular complexity index is 993. The van der Waals surface area contributed by atoms with E-state index in [1.807, 2.05) is 29.2 Å². The number of amides is 2. The van der Waals surface area contributed by atoms with Crippen LogP contribution in [-0.4, -0.2) is 90.3 Å². The summed E-state index contributed by atoms with van der Waals surface area (Å²) in [4.78, 5) is 38.9. The third-order valence-electron chi connectivity index (χ3n) is 6.17. The van der Waals surface area contributed by atoms with Crippen LogP contribution in [0.4, 0.5) is 4.79 Å². The molecule has 0 unspecified atom stereocenters. The second-order valence-corrected chi connectivity index (χ2v) is 9.46. The van der Waals surface area contributed by atoms with E-state index >= 15 is 0 Å². The lowest BCUT2D eigenvalue weighted by molar-refractivity contribution is -0.139. The van der Waals surface area contributed by atoms with Crippen LogP contribution in [0.2, 0.25) is 0 Å². The number of ether oxygens (including phenoxy) is 1. The number of nitrogens with zero attached hydrogens (tertiary/aromatic N) is 2. The number of aliphatic carboxylic acids is 1. The van der Waals surface area contributed by atoms with Gasteiger partial charge in [0.15, 0.2) is 0 Å². The van der Waals surface area contributed by atoms with Crippen LogP contribution in [0.15, 0.2) is 48.5 Å². The van der Waals surface area contributed by atoms with E-state index in [1.54, 1.807) is 4.90 Å². The minimum Gasteiger partial charge on any atom is -0.480 e. The molecule has 34 heavy (non-hydrogen) atoms. The van der Waals surface area contributed by atoms with E-state index in [0.29, 0.717) is 44.2 Å². The molecule has 180 valence electrons. The summed E-state index contributed by atoms with van der Waals surface area (Å²) in [7, 11) is 0. The summed E-state index contributed by atoms with van der Waals surface area (Å²) in [5, 5.41) is 11.6. The molecule has 2 N–H and O–H groups in total. The lowest BCUT2D eigenvalue weighted by Gasteiger charge is -2.33. The predicted octanol–water partition coefficient (Wildman–Crippen LogP) is 2.49. The molecule has 0 saturated carbocycles. The van der Waals surface area contributed by atoms with Crippen molar-refractivity contribution in [3.05, 3.63) is 59.7 Å². The highest BCUT2D eigenvalue weighted by atomic mass is 32.2. The van der Waals surface area contributed by atoms with Crippen molar-refractivity contribution in [3.8, 4) is 11.1 Å². The molecule has 2 aromatic carbocycles. The molecule has 1 fully saturated rings. The minimum absolute atomic E-state index is 0.0122. The number of thioether (sulfide) groups is 1. The van der Waals surface area contributed by atoms with Gasteiger partial charge in [0.1, 0.15) is 6.61 Å². The number of nitrogens with one attached hydrogen (secondary N) is 1. The fourth-order valence-corrected chi connectivity index (χ4v) is 5.22. The number of fused-ring (bicyclic) bond motifs is 3. The molecule has 1 saturated heterocycles. The largest absolute Gasteiger partial charge is 0.480 e. The Balaban J connectivity index is 1.13. The van der Waals surface area contributed by atoms with E-state index in [9.17, 15) is 14.4 Å². The Morgan fingerprint density at radius 2 is 1.59 bits per heavy atom. The molecule has 1 heterocycles. The average molecular weight is 484 g/mol. The van der Waals surface area contributed by atoms with Crippen LogP contribution in [-0.2, 0) is 14.3 Å². The first-order chi connectivity index (χ1) is 16.5. The van der Waals surface area contributed by atoms with Crippen molar-refractivity contribution in [2.24, 2.45) is 0 Å². The van der Waals surface area contributed by atoms with Crippen LogP contribution in [0.5, 0.6) is 0 Å². The quantitative estimate of drug-likeness (QED) is 0.529. The number of carbonyl (C=O) groups is 3. The van der Waals surface area contributed by atoms with Crippen molar-refractivity contribution in [2.45, 2.75) is 5.92 Å². The van der Waals surface area contributed by atoms with Crippen molar-refractivity contribution in [1.82, 2.24) is 15.1 Å². The fourth-order valence-electron chi connectivity index (χ4n) is 4.47. The van der Waals surface area contributed by atoms with Gasteiger partial charge in [-0.1, -0.05) is 48.5 Å². The highest BCUT2D eigenvalue weighted by molar-refractivity contribution is 7.99. The van der Waals surface area contributed by atoms with Crippen molar-refractivity contribution >= 4 is 29.7 Å². The topological polar surface area (TPSA) is 99.2 Å². The monoisotopic (exact) mass is 483 g/mol. The van der Waals surface area contributed by atoms with E-state index in [1.165, 1.54) is 34.0 Å². The predicted molar refractivity (Wildman–Crippen MR) is 131 cm³/mol. The number of hydrogen-bond donors (Lipinski definition) is 2. The smallest absolute Gasteiger partial charge is 0.407 e. The Hall–Kier alpha value is -3.04. The highest BCUT2D eigenvalue weighted by Gasteiger charge is 2.29. The van der Waals surface area contributed by atoms with Crippen molar-refractivity contribution in [2.75, 3.05) is 57.4 Å². The molecular formula is C25H29N3O5S. The van der Waals surface area contributed by atoms with Gasteiger partial charge in [-0.15, -0.1) is 0 Å². The van der Waals surface area contributed by atoms with Crippen molar-refractivity contribution in [3.63, 3.8) is 0 Å². The average Bonchev–Trinajstić information content (AvgIpc) is 3.16. The number of carbonyl (C=O) groups excluding carboxylic acids is 2. The number of carboxylic acid groups (broad SMARTS) is 1. The molecule has 1 aliphatic carbocycles. The van der Waals surface area contributed by atoms with E-state index in [4.69, 9.17) is 9.84 Å². The summed E-state index contributed by atoms with van der Waals surface area (Å²) in [6.07, 6.45) is -0.455. The number of alkyl carbamates (subject to hydrolysis) is 1. The van der Waals surface area contributed by atoms with Crippen LogP contribution in [0.25, 0.3) is 11.1 Å². The lowest BCUT2D eigenvalue weighted by atomic mass is 9.98. The highest BCUT2D eigenvalue weighted by Crippen LogP contribution is 2.44. The van der Waals surface area contributed by atoms with Crippen molar-refractivity contribution in [1.29, 1.82) is 0 Å². The molecule has 0 spiro atoms. The zero-order valence-corrected chi connectivity index (χ0v) is 19.8. The van der Waals surface area contributed by atoms with Gasteiger partial charge < -0.3 is 20.1 Å². The molecule has 2 aliphatic rings. The number of carboxylic acids is 1. The molecule has 9 heteroatoms. The van der Waals surface area contributed by atoms with E-state index in [2.05, 4.69) is 29.6 Å². The third kappa shape index (κ3) is 5.90. The Kier molecular flexibility index (Phi) is 8.08. The van der Waals surface area contributed by atoms with Gasteiger partial charge >= 0.3 is 12.1 Å². The maximum Gasteiger partial charge on any atom is 0.407 e. The van der Waals surface area contributed by atoms with Gasteiger partial charge in [0.2, 0.25) is 5.91 Å². The maximum atomic E-state index is 12.3. The minimum atomic E-state index is -0.848. The first-order valence-corrected chi connectivity index (χ1v) is 12.6. The number of piperazine rings is 1. The lowest BCUT2D eigenvalue weighted by Crippen LogP contribution is -2.50. The molecule has 2 amide bonds. The summed E-state index contributed by atoms with van der Waals surface area (Å²) in [5.74, 6) is 0.168. The molecule has 2 aromatic rings. The zero-order valence-electron chi connectivity index (χ0n) is 18.9. The van der Waals surface area contributed by atoms with Gasteiger partial charge in [0, 0.05) is 44.4 Å². The molecule has 8 nitrogen and oxygen atoms in total. The first kappa shape index (κ1) is 24.1. The second-order valence-electron chi connectivity index (χ2n) is 8.36. The summed E-state index contributed by atoms with van der Waals surface area (Å²) >= 11 is 1.46. The molecular weight excluding hydrogens is 454 g/mol. The molecule has 0 atom stereocenters. The third-order valence-corrected chi connectivity index (χ3v) is 7.11. The zero-order chi connectivity index (χ0) is 23.9. The van der Waals surface area contributed by atoms with Gasteiger partial charge in [-0.2, -0.15) is 11.8 Å². The molecule has 0 aromatic heterocycles. The van der Waals surface area contributed by atoms with Crippen LogP contribution in [0.1, 0.15) is 17.0 Å². The molecule has 1 aliphatic heterocycles. The summed E-state index contributed by atoms with van der Waals surface area (Å²) in [6.45, 7) is 2.95. The van der Waals surface area contributed by atoms with Gasteiger partial charge in [-0.3, -0.25) is 14.5 Å². The summed E-state index contributed by atoms with van der Waals surface area (Å²) in [6, 6.07) is 16.4. The number of benzene rings is 2. The Labute approximate surface area is 203 Å². The van der Waals surface area contributed by atoms with E-state index in [-0.39, 0.29) is 25.0 Å². The molecule has 0 bridgehead atoms.